The molecule has 7 aromatic carbocycles. The second kappa shape index (κ2) is 11.2. The van der Waals surface area contributed by atoms with Crippen LogP contribution in [0.1, 0.15) is 0 Å². The van der Waals surface area contributed by atoms with Crippen LogP contribution in [0.5, 0.6) is 0 Å². The molecule has 0 saturated heterocycles. The van der Waals surface area contributed by atoms with Crippen molar-refractivity contribution in [1.29, 1.82) is 0 Å². The molecule has 10 aromatic rings. The molecule has 0 N–H and O–H groups in total. The molecule has 0 fully saturated rings. The Balaban J connectivity index is 1.20. The molecule has 0 atom stereocenters. The first kappa shape index (κ1) is 27.8. The van der Waals surface area contributed by atoms with Crippen molar-refractivity contribution < 1.29 is 0 Å². The average Bonchev–Trinajstić information content (AvgIpc) is 3.71. The molecule has 0 amide bonds. The van der Waals surface area contributed by atoms with Gasteiger partial charge in [0.2, 0.25) is 0 Å². The van der Waals surface area contributed by atoms with E-state index in [4.69, 9.17) is 4.98 Å². The highest BCUT2D eigenvalue weighted by Gasteiger charge is 2.20. The van der Waals surface area contributed by atoms with E-state index < -0.39 is 0 Å². The largest absolute Gasteiger partial charge is 0.309 e. The normalized spacial score (nSPS) is 11.7. The molecule has 49 heavy (non-hydrogen) atoms. The number of para-hydroxylation sites is 2. The minimum atomic E-state index is 0.887. The Labute approximate surface area is 287 Å². The summed E-state index contributed by atoms with van der Waals surface area (Å²) in [7, 11) is 0. The van der Waals surface area contributed by atoms with E-state index in [-0.39, 0.29) is 0 Å². The number of hydrogen-bond donors (Lipinski definition) is 0. The van der Waals surface area contributed by atoms with Gasteiger partial charge in [0.15, 0.2) is 0 Å². The highest BCUT2D eigenvalue weighted by atomic mass is 32.1. The number of anilines is 3. The number of rotatable bonds is 5. The van der Waals surface area contributed by atoms with Crippen molar-refractivity contribution in [3.63, 3.8) is 0 Å². The van der Waals surface area contributed by atoms with E-state index in [2.05, 4.69) is 186 Å². The average molecular weight is 644 g/mol. The lowest BCUT2D eigenvalue weighted by Gasteiger charge is -2.25. The fraction of sp³-hybridized carbons (Fsp3) is 0. The number of fused-ring (bicyclic) bond motifs is 8. The van der Waals surface area contributed by atoms with Crippen molar-refractivity contribution in [2.75, 3.05) is 4.90 Å². The molecule has 0 saturated carbocycles. The molecular weight excluding hydrogens is 615 g/mol. The first-order valence-electron chi connectivity index (χ1n) is 16.5. The predicted octanol–water partition coefficient (Wildman–Crippen LogP) is 12.8. The zero-order valence-corrected chi connectivity index (χ0v) is 27.3. The van der Waals surface area contributed by atoms with Gasteiger partial charge in [0.1, 0.15) is 5.82 Å². The van der Waals surface area contributed by atoms with E-state index in [0.29, 0.717) is 0 Å². The van der Waals surface area contributed by atoms with Crippen molar-refractivity contribution in [2.45, 2.75) is 0 Å². The quantitative estimate of drug-likeness (QED) is 0.186. The lowest BCUT2D eigenvalue weighted by Crippen LogP contribution is -2.11. The van der Waals surface area contributed by atoms with Crippen LogP contribution in [0.2, 0.25) is 0 Å². The molecule has 230 valence electrons. The molecule has 0 unspecified atom stereocenters. The van der Waals surface area contributed by atoms with Crippen molar-refractivity contribution >= 4 is 81.3 Å². The summed E-state index contributed by atoms with van der Waals surface area (Å²) in [4.78, 5) is 7.49. The molecule has 3 heterocycles. The number of aromatic nitrogens is 2. The van der Waals surface area contributed by atoms with Crippen molar-refractivity contribution in [1.82, 2.24) is 9.55 Å². The molecule has 3 nitrogen and oxygen atoms in total. The molecule has 0 aliphatic rings. The Morgan fingerprint density at radius 1 is 0.469 bits per heavy atom. The molecule has 10 rings (SSSR count). The number of thiophene rings is 1. The van der Waals surface area contributed by atoms with Gasteiger partial charge in [-0.05, 0) is 76.5 Å². The third-order valence-corrected chi connectivity index (χ3v) is 10.7. The molecule has 3 aromatic heterocycles. The third-order valence-electron chi connectivity index (χ3n) is 9.62. The summed E-state index contributed by atoms with van der Waals surface area (Å²) in [5, 5.41) is 7.46. The van der Waals surface area contributed by atoms with Crippen LogP contribution in [0.25, 0.3) is 69.6 Å². The van der Waals surface area contributed by atoms with Crippen LogP contribution in [0.4, 0.5) is 17.2 Å². The molecule has 4 heteroatoms. The van der Waals surface area contributed by atoms with Crippen LogP contribution in [-0.4, -0.2) is 9.55 Å². The molecule has 0 bridgehead atoms. The summed E-state index contributed by atoms with van der Waals surface area (Å²) in [6.45, 7) is 0. The van der Waals surface area contributed by atoms with E-state index >= 15 is 0 Å². The number of nitrogens with zero attached hydrogens (tertiary/aromatic N) is 3. The lowest BCUT2D eigenvalue weighted by atomic mass is 10.0. The van der Waals surface area contributed by atoms with E-state index in [1.807, 2.05) is 11.3 Å². The van der Waals surface area contributed by atoms with E-state index in [1.165, 1.54) is 58.4 Å². The van der Waals surface area contributed by atoms with E-state index in [1.54, 1.807) is 0 Å². The van der Waals surface area contributed by atoms with Crippen LogP contribution in [-0.2, 0) is 0 Å². The molecule has 0 radical (unpaired) electrons. The van der Waals surface area contributed by atoms with Crippen LogP contribution in [0, 0.1) is 0 Å². The molecule has 0 aliphatic carbocycles. The summed E-state index contributed by atoms with van der Waals surface area (Å²) in [6, 6.07) is 60.9. The summed E-state index contributed by atoms with van der Waals surface area (Å²) in [6.07, 6.45) is 2.07. The fourth-order valence-corrected chi connectivity index (χ4v) is 8.48. The lowest BCUT2D eigenvalue weighted by molar-refractivity contribution is 1.17. The number of pyridine rings is 1. The van der Waals surface area contributed by atoms with Gasteiger partial charge in [0.25, 0.3) is 0 Å². The zero-order valence-electron chi connectivity index (χ0n) is 26.5. The summed E-state index contributed by atoms with van der Waals surface area (Å²) in [5.41, 5.74) is 7.98. The summed E-state index contributed by atoms with van der Waals surface area (Å²) < 4.78 is 4.88. The van der Waals surface area contributed by atoms with E-state index in [0.717, 1.165) is 28.4 Å². The first-order chi connectivity index (χ1) is 24.3. The van der Waals surface area contributed by atoms with Crippen LogP contribution in [0.3, 0.4) is 0 Å². The van der Waals surface area contributed by atoms with Gasteiger partial charge in [-0.1, -0.05) is 115 Å². The Morgan fingerprint density at radius 2 is 1.14 bits per heavy atom. The first-order valence-corrected chi connectivity index (χ1v) is 17.4. The highest BCUT2D eigenvalue weighted by molar-refractivity contribution is 7.26. The van der Waals surface area contributed by atoms with Crippen LogP contribution >= 0.6 is 11.3 Å². The topological polar surface area (TPSA) is 21.1 Å². The van der Waals surface area contributed by atoms with Gasteiger partial charge >= 0.3 is 0 Å². The van der Waals surface area contributed by atoms with Gasteiger partial charge in [-0.25, -0.2) is 4.98 Å². The summed E-state index contributed by atoms with van der Waals surface area (Å²) >= 11 is 1.83. The maximum atomic E-state index is 5.20. The van der Waals surface area contributed by atoms with Crippen LogP contribution in [0.15, 0.2) is 176 Å². The van der Waals surface area contributed by atoms with Crippen LogP contribution < -0.4 is 4.90 Å². The highest BCUT2D eigenvalue weighted by Crippen LogP contribution is 2.43. The fourth-order valence-electron chi connectivity index (χ4n) is 7.35. The SMILES string of the molecule is c1ccc(-c2ccc(N(c3ccc4c5ccccc5n(-c5ccccc5)c4c3)c3cc4sc5ccc6ccccc6c5c4cn3)cc2)cc1. The third kappa shape index (κ3) is 4.53. The van der Waals surface area contributed by atoms with E-state index in [9.17, 15) is 0 Å². The van der Waals surface area contributed by atoms with Gasteiger partial charge in [0, 0.05) is 54.2 Å². The second-order valence-electron chi connectivity index (χ2n) is 12.4. The number of benzene rings is 7. The van der Waals surface area contributed by atoms with Crippen molar-refractivity contribution in [3.8, 4) is 16.8 Å². The monoisotopic (exact) mass is 643 g/mol. The Morgan fingerprint density at radius 3 is 1.98 bits per heavy atom. The van der Waals surface area contributed by atoms with Gasteiger partial charge in [-0.3, -0.25) is 4.90 Å². The molecule has 0 spiro atoms. The standard InChI is InChI=1S/C45H29N3S/c1-3-11-30(12-4-1)31-19-22-34(23-20-31)47(44-28-43-39(29-46-44)45-36-16-8-7-13-32(36)21-26-42(45)49-43)35-24-25-38-37-17-9-10-18-40(37)48(41(38)27-35)33-14-5-2-6-15-33/h1-29H. The van der Waals surface area contributed by atoms with Crippen molar-refractivity contribution in [3.05, 3.63) is 176 Å². The Hall–Kier alpha value is -6.23. The van der Waals surface area contributed by atoms with Gasteiger partial charge in [-0.15, -0.1) is 11.3 Å². The maximum absolute atomic E-state index is 5.20. The molecular formula is C45H29N3S. The smallest absolute Gasteiger partial charge is 0.138 e. The van der Waals surface area contributed by atoms with Crippen molar-refractivity contribution in [2.24, 2.45) is 0 Å². The Bertz CT molecular complexity index is 2820. The number of hydrogen-bond acceptors (Lipinski definition) is 3. The van der Waals surface area contributed by atoms with Gasteiger partial charge < -0.3 is 4.57 Å². The maximum Gasteiger partial charge on any atom is 0.138 e. The Kier molecular flexibility index (Phi) is 6.36. The minimum absolute atomic E-state index is 0.887. The minimum Gasteiger partial charge on any atom is -0.309 e. The zero-order chi connectivity index (χ0) is 32.3. The molecule has 0 aliphatic heterocycles. The van der Waals surface area contributed by atoms with Gasteiger partial charge in [-0.2, -0.15) is 0 Å². The van der Waals surface area contributed by atoms with Gasteiger partial charge in [0.05, 0.1) is 11.0 Å². The summed E-state index contributed by atoms with van der Waals surface area (Å²) in [5.74, 6) is 0.887. The second-order valence-corrected chi connectivity index (χ2v) is 13.5. The predicted molar refractivity (Wildman–Crippen MR) is 209 cm³/mol.